The van der Waals surface area contributed by atoms with Crippen molar-refractivity contribution < 1.29 is 39.0 Å². The van der Waals surface area contributed by atoms with Gasteiger partial charge in [-0.2, -0.15) is 0 Å². The smallest absolute Gasteiger partial charge is 0.316 e. The lowest BCUT2D eigenvalue weighted by atomic mass is 10.2. The Hall–Kier alpha value is -5.18. The van der Waals surface area contributed by atoms with E-state index in [0.717, 1.165) is 0 Å². The Morgan fingerprint density at radius 2 is 0.971 bits per heavy atom. The van der Waals surface area contributed by atoms with Crippen LogP contribution in [0.2, 0.25) is 0 Å². The molecule has 0 aliphatic rings. The average Bonchev–Trinajstić information content (AvgIpc) is 3.25. The zero-order valence-electron chi connectivity index (χ0n) is 17.3. The highest BCUT2D eigenvalue weighted by molar-refractivity contribution is 7.19. The first kappa shape index (κ1) is 24.5. The molecule has 1 heterocycles. The van der Waals surface area contributed by atoms with E-state index < -0.39 is 46.9 Å². The SMILES string of the molecule is O=C(NC(=O)c1ccccc1O)C(=O)Nc1nnc(NC(=O)C(=O)NC(=O)c2ccccc2O)s1. The number of hydrogen-bond donors (Lipinski definition) is 6. The van der Waals surface area contributed by atoms with Crippen LogP contribution >= 0.6 is 11.3 Å². The number of amides is 6. The Bertz CT molecular complexity index is 1250. The van der Waals surface area contributed by atoms with Gasteiger partial charge in [-0.15, -0.1) is 10.2 Å². The third kappa shape index (κ3) is 6.20. The molecule has 1 aromatic heterocycles. The van der Waals surface area contributed by atoms with E-state index in [9.17, 15) is 39.0 Å². The molecule has 3 aromatic rings. The van der Waals surface area contributed by atoms with E-state index in [4.69, 9.17) is 0 Å². The van der Waals surface area contributed by atoms with Gasteiger partial charge in [0.1, 0.15) is 11.5 Å². The third-order valence-corrected chi connectivity index (χ3v) is 4.78. The average molecular weight is 498 g/mol. The molecule has 15 heteroatoms. The molecule has 3 rings (SSSR count). The van der Waals surface area contributed by atoms with E-state index in [1.165, 1.54) is 48.5 Å². The molecule has 6 amide bonds. The number of carbonyl (C=O) groups excluding carboxylic acids is 6. The quantitative estimate of drug-likeness (QED) is 0.259. The van der Waals surface area contributed by atoms with Gasteiger partial charge < -0.3 is 10.2 Å². The van der Waals surface area contributed by atoms with Gasteiger partial charge in [0.2, 0.25) is 10.3 Å². The van der Waals surface area contributed by atoms with E-state index >= 15 is 0 Å². The second-order valence-corrected chi connectivity index (χ2v) is 7.40. The summed E-state index contributed by atoms with van der Waals surface area (Å²) in [5.41, 5.74) is -0.456. The molecule has 0 unspecified atom stereocenters. The van der Waals surface area contributed by atoms with Gasteiger partial charge in [-0.1, -0.05) is 35.6 Å². The highest BCUT2D eigenvalue weighted by Gasteiger charge is 2.23. The fourth-order valence-electron chi connectivity index (χ4n) is 2.42. The second kappa shape index (κ2) is 10.6. The van der Waals surface area contributed by atoms with Crippen LogP contribution < -0.4 is 21.3 Å². The number of aromatic nitrogens is 2. The van der Waals surface area contributed by atoms with E-state index in [-0.39, 0.29) is 21.4 Å². The molecule has 0 spiro atoms. The minimum absolute atomic E-state index is 0.228. The summed E-state index contributed by atoms with van der Waals surface area (Å²) in [5.74, 6) is -8.14. The molecule has 14 nitrogen and oxygen atoms in total. The van der Waals surface area contributed by atoms with Crippen LogP contribution in [0.15, 0.2) is 48.5 Å². The van der Waals surface area contributed by atoms with Crippen LogP contribution in [0.5, 0.6) is 11.5 Å². The molecule has 0 aliphatic heterocycles. The summed E-state index contributed by atoms with van der Waals surface area (Å²) < 4.78 is 0. The Morgan fingerprint density at radius 3 is 1.34 bits per heavy atom. The Labute approximate surface area is 199 Å². The van der Waals surface area contributed by atoms with Crippen molar-refractivity contribution >= 4 is 57.0 Å². The Balaban J connectivity index is 1.53. The monoisotopic (exact) mass is 498 g/mol. The van der Waals surface area contributed by atoms with Gasteiger partial charge in [0.05, 0.1) is 11.1 Å². The first-order valence-electron chi connectivity index (χ1n) is 9.38. The van der Waals surface area contributed by atoms with Crippen LogP contribution in [0, 0.1) is 0 Å². The molecule has 0 radical (unpaired) electrons. The lowest BCUT2D eigenvalue weighted by Gasteiger charge is -2.05. The molecule has 178 valence electrons. The van der Waals surface area contributed by atoms with Crippen molar-refractivity contribution in [3.63, 3.8) is 0 Å². The van der Waals surface area contributed by atoms with Crippen LogP contribution in [-0.2, 0) is 19.2 Å². The van der Waals surface area contributed by atoms with E-state index in [2.05, 4.69) is 10.2 Å². The zero-order valence-corrected chi connectivity index (χ0v) is 18.1. The van der Waals surface area contributed by atoms with Crippen molar-refractivity contribution in [2.75, 3.05) is 10.6 Å². The number of hydrogen-bond acceptors (Lipinski definition) is 11. The number of nitrogens with zero attached hydrogens (tertiary/aromatic N) is 2. The molecule has 0 fully saturated rings. The summed E-state index contributed by atoms with van der Waals surface area (Å²) in [6.07, 6.45) is 0. The number of phenolic OH excluding ortho intramolecular Hbond substituents is 2. The lowest BCUT2D eigenvalue weighted by Crippen LogP contribution is -2.39. The van der Waals surface area contributed by atoms with Gasteiger partial charge in [0.15, 0.2) is 0 Å². The van der Waals surface area contributed by atoms with E-state index in [1.807, 2.05) is 10.6 Å². The molecule has 2 aromatic carbocycles. The van der Waals surface area contributed by atoms with Crippen LogP contribution in [0.3, 0.4) is 0 Å². The highest BCUT2D eigenvalue weighted by Crippen LogP contribution is 2.20. The maximum Gasteiger partial charge on any atom is 0.316 e. The van der Waals surface area contributed by atoms with Crippen LogP contribution in [-0.4, -0.2) is 55.9 Å². The lowest BCUT2D eigenvalue weighted by molar-refractivity contribution is -0.135. The van der Waals surface area contributed by atoms with Crippen LogP contribution in [0.25, 0.3) is 0 Å². The molecule has 0 aliphatic carbocycles. The summed E-state index contributed by atoms with van der Waals surface area (Å²) in [5, 5.41) is 33.4. The fraction of sp³-hybridized carbons (Fsp3) is 0. The normalized spacial score (nSPS) is 10.1. The summed E-state index contributed by atoms with van der Waals surface area (Å²) in [7, 11) is 0. The molecule has 0 bridgehead atoms. The topological polar surface area (TPSA) is 217 Å². The Morgan fingerprint density at radius 1 is 0.600 bits per heavy atom. The number of carbonyl (C=O) groups is 6. The van der Waals surface area contributed by atoms with Gasteiger partial charge in [0.25, 0.3) is 11.8 Å². The van der Waals surface area contributed by atoms with Gasteiger partial charge in [-0.05, 0) is 24.3 Å². The second-order valence-electron chi connectivity index (χ2n) is 6.42. The minimum Gasteiger partial charge on any atom is -0.507 e. The van der Waals surface area contributed by atoms with Gasteiger partial charge >= 0.3 is 23.6 Å². The molecule has 0 saturated carbocycles. The van der Waals surface area contributed by atoms with Crippen molar-refractivity contribution in [1.29, 1.82) is 0 Å². The number of para-hydroxylation sites is 2. The zero-order chi connectivity index (χ0) is 25.5. The number of rotatable bonds is 4. The molecular formula is C20H14N6O8S. The van der Waals surface area contributed by atoms with Crippen molar-refractivity contribution in [1.82, 2.24) is 20.8 Å². The third-order valence-electron chi connectivity index (χ3n) is 4.03. The first-order valence-corrected chi connectivity index (χ1v) is 10.2. The number of anilines is 2. The summed E-state index contributed by atoms with van der Waals surface area (Å²) in [6.45, 7) is 0. The van der Waals surface area contributed by atoms with Gasteiger partial charge in [0, 0.05) is 0 Å². The predicted molar refractivity (Wildman–Crippen MR) is 118 cm³/mol. The Kier molecular flexibility index (Phi) is 7.43. The molecule has 6 N–H and O–H groups in total. The molecule has 0 saturated heterocycles. The number of aromatic hydroxyl groups is 2. The van der Waals surface area contributed by atoms with Gasteiger partial charge in [-0.3, -0.25) is 50.0 Å². The number of imide groups is 2. The van der Waals surface area contributed by atoms with Crippen molar-refractivity contribution in [3.05, 3.63) is 59.7 Å². The number of benzene rings is 2. The first-order chi connectivity index (χ1) is 16.7. The molecule has 35 heavy (non-hydrogen) atoms. The maximum atomic E-state index is 12.0. The van der Waals surface area contributed by atoms with Crippen LogP contribution in [0.1, 0.15) is 20.7 Å². The van der Waals surface area contributed by atoms with Crippen molar-refractivity contribution in [2.45, 2.75) is 0 Å². The summed E-state index contributed by atoms with van der Waals surface area (Å²) in [6, 6.07) is 10.7. The molecule has 0 atom stereocenters. The van der Waals surface area contributed by atoms with Crippen LogP contribution in [0.4, 0.5) is 10.3 Å². The predicted octanol–water partition coefficient (Wildman–Crippen LogP) is -0.261. The number of nitrogens with one attached hydrogen (secondary N) is 4. The van der Waals surface area contributed by atoms with Gasteiger partial charge in [-0.25, -0.2) is 0 Å². The highest BCUT2D eigenvalue weighted by atomic mass is 32.1. The van der Waals surface area contributed by atoms with Crippen molar-refractivity contribution in [3.8, 4) is 11.5 Å². The maximum absolute atomic E-state index is 12.0. The summed E-state index contributed by atoms with van der Waals surface area (Å²) >= 11 is 0.564. The number of phenols is 2. The minimum atomic E-state index is -1.36. The van der Waals surface area contributed by atoms with Crippen molar-refractivity contribution in [2.24, 2.45) is 0 Å². The van der Waals surface area contributed by atoms with E-state index in [0.29, 0.717) is 11.3 Å². The standard InChI is InChI=1S/C20H14N6O8S/c27-11-7-3-1-5-9(11)13(29)21-15(31)17(33)23-19-25-26-20(35-19)24-18(34)16(32)22-14(30)10-6-2-4-8-12(10)28/h1-8,27-28H,(H,21,29,31)(H,22,30,32)(H,23,25,33)(H,24,26,34). The summed E-state index contributed by atoms with van der Waals surface area (Å²) in [4.78, 5) is 71.8. The largest absolute Gasteiger partial charge is 0.507 e. The van der Waals surface area contributed by atoms with E-state index in [1.54, 1.807) is 10.6 Å². The molecular weight excluding hydrogens is 484 g/mol. The fourth-order valence-corrected chi connectivity index (χ4v) is 3.05.